The molecular formula is C9H17N3O2S. The van der Waals surface area contributed by atoms with Crippen LogP contribution >= 0.6 is 0 Å². The van der Waals surface area contributed by atoms with Crippen LogP contribution in [0.25, 0.3) is 0 Å². The average molecular weight is 231 g/mol. The van der Waals surface area contributed by atoms with Gasteiger partial charge in [-0.3, -0.25) is 4.90 Å². The monoisotopic (exact) mass is 231 g/mol. The van der Waals surface area contributed by atoms with Crippen LogP contribution in [0.1, 0.15) is 6.92 Å². The molecule has 0 aromatic heterocycles. The Morgan fingerprint density at radius 3 is 2.93 bits per heavy atom. The van der Waals surface area contributed by atoms with Crippen LogP contribution in [0.3, 0.4) is 0 Å². The summed E-state index contributed by atoms with van der Waals surface area (Å²) in [7, 11) is -2.92. The van der Waals surface area contributed by atoms with E-state index in [0.717, 1.165) is 13.1 Å². The van der Waals surface area contributed by atoms with Gasteiger partial charge in [0.05, 0.1) is 11.8 Å². The summed E-state index contributed by atoms with van der Waals surface area (Å²) < 4.78 is 22.6. The SMILES string of the molecule is CCS(=O)(=O)CCN1CCNCC1C#N. The lowest BCUT2D eigenvalue weighted by Gasteiger charge is -2.31. The van der Waals surface area contributed by atoms with Gasteiger partial charge in [-0.2, -0.15) is 5.26 Å². The second-order valence-electron chi connectivity index (χ2n) is 3.62. The van der Waals surface area contributed by atoms with Gasteiger partial charge in [0.1, 0.15) is 6.04 Å². The van der Waals surface area contributed by atoms with Crippen molar-refractivity contribution in [2.45, 2.75) is 13.0 Å². The lowest BCUT2D eigenvalue weighted by Crippen LogP contribution is -2.51. The first-order chi connectivity index (χ1) is 7.09. The Bertz CT molecular complexity index is 334. The predicted molar refractivity (Wildman–Crippen MR) is 58.2 cm³/mol. The van der Waals surface area contributed by atoms with E-state index in [1.165, 1.54) is 0 Å². The first-order valence-electron chi connectivity index (χ1n) is 5.14. The van der Waals surface area contributed by atoms with Crippen LogP contribution in [0, 0.1) is 11.3 Å². The van der Waals surface area contributed by atoms with E-state index in [1.807, 2.05) is 4.90 Å². The van der Waals surface area contributed by atoms with E-state index in [9.17, 15) is 8.42 Å². The summed E-state index contributed by atoms with van der Waals surface area (Å²) in [6.45, 7) is 4.31. The van der Waals surface area contributed by atoms with Crippen LogP contribution in [0.2, 0.25) is 0 Å². The molecule has 1 aliphatic heterocycles. The summed E-state index contributed by atoms with van der Waals surface area (Å²) in [5, 5.41) is 12.0. The number of sulfone groups is 1. The van der Waals surface area contributed by atoms with Gasteiger partial charge < -0.3 is 5.32 Å². The Kier molecular flexibility index (Phi) is 4.51. The van der Waals surface area contributed by atoms with E-state index >= 15 is 0 Å². The van der Waals surface area contributed by atoms with Crippen LogP contribution in [-0.4, -0.2) is 57.0 Å². The number of hydrogen-bond acceptors (Lipinski definition) is 5. The number of hydrogen-bond donors (Lipinski definition) is 1. The second-order valence-corrected chi connectivity index (χ2v) is 6.09. The molecule has 0 aromatic rings. The minimum absolute atomic E-state index is 0.154. The number of rotatable bonds is 4. The number of nitriles is 1. The van der Waals surface area contributed by atoms with Crippen LogP contribution in [0.15, 0.2) is 0 Å². The second kappa shape index (κ2) is 5.45. The zero-order chi connectivity index (χ0) is 11.3. The van der Waals surface area contributed by atoms with Crippen LogP contribution in [0.4, 0.5) is 0 Å². The van der Waals surface area contributed by atoms with Gasteiger partial charge in [0.2, 0.25) is 0 Å². The van der Waals surface area contributed by atoms with Crippen LogP contribution < -0.4 is 5.32 Å². The van der Waals surface area contributed by atoms with E-state index in [-0.39, 0.29) is 17.5 Å². The van der Waals surface area contributed by atoms with Gasteiger partial charge >= 0.3 is 0 Å². The quantitative estimate of drug-likeness (QED) is 0.687. The molecule has 1 N–H and O–H groups in total. The van der Waals surface area contributed by atoms with Crippen molar-refractivity contribution in [3.05, 3.63) is 0 Å². The maximum atomic E-state index is 11.3. The third-order valence-corrected chi connectivity index (χ3v) is 4.32. The zero-order valence-corrected chi connectivity index (χ0v) is 9.76. The first kappa shape index (κ1) is 12.4. The number of nitrogens with zero attached hydrogens (tertiary/aromatic N) is 2. The Hall–Kier alpha value is -0.640. The molecule has 0 radical (unpaired) electrons. The molecule has 0 bridgehead atoms. The highest BCUT2D eigenvalue weighted by Crippen LogP contribution is 2.03. The molecule has 0 aromatic carbocycles. The van der Waals surface area contributed by atoms with Crippen molar-refractivity contribution in [1.82, 2.24) is 10.2 Å². The van der Waals surface area contributed by atoms with Gasteiger partial charge in [0.15, 0.2) is 9.84 Å². The summed E-state index contributed by atoms with van der Waals surface area (Å²) in [6, 6.07) is 1.99. The maximum absolute atomic E-state index is 11.3. The molecule has 0 spiro atoms. The number of nitrogens with one attached hydrogen (secondary N) is 1. The molecule has 1 atom stereocenters. The molecule has 86 valence electrons. The molecule has 1 heterocycles. The average Bonchev–Trinajstić information content (AvgIpc) is 2.27. The summed E-state index contributed by atoms with van der Waals surface area (Å²) >= 11 is 0. The summed E-state index contributed by atoms with van der Waals surface area (Å²) in [5.74, 6) is 0.331. The lowest BCUT2D eigenvalue weighted by atomic mass is 10.2. The third kappa shape index (κ3) is 3.78. The van der Waals surface area contributed by atoms with E-state index in [0.29, 0.717) is 13.1 Å². The van der Waals surface area contributed by atoms with Gasteiger partial charge in [0.25, 0.3) is 0 Å². The van der Waals surface area contributed by atoms with E-state index in [4.69, 9.17) is 5.26 Å². The van der Waals surface area contributed by atoms with Crippen molar-refractivity contribution in [2.24, 2.45) is 0 Å². The van der Waals surface area contributed by atoms with Crippen molar-refractivity contribution in [3.63, 3.8) is 0 Å². The molecule has 1 fully saturated rings. The zero-order valence-electron chi connectivity index (χ0n) is 8.94. The minimum atomic E-state index is -2.92. The Morgan fingerprint density at radius 1 is 1.60 bits per heavy atom. The summed E-state index contributed by atoms with van der Waals surface area (Å²) in [5.41, 5.74) is 0. The molecule has 6 heteroatoms. The van der Waals surface area contributed by atoms with Crippen molar-refractivity contribution >= 4 is 9.84 Å². The van der Waals surface area contributed by atoms with Crippen LogP contribution in [0.5, 0.6) is 0 Å². The molecule has 0 saturated carbocycles. The summed E-state index contributed by atoms with van der Waals surface area (Å²) in [4.78, 5) is 1.93. The molecule has 1 aliphatic rings. The van der Waals surface area contributed by atoms with Crippen LogP contribution in [-0.2, 0) is 9.84 Å². The van der Waals surface area contributed by atoms with E-state index in [1.54, 1.807) is 6.92 Å². The summed E-state index contributed by atoms with van der Waals surface area (Å²) in [6.07, 6.45) is 0. The van der Waals surface area contributed by atoms with Crippen molar-refractivity contribution in [2.75, 3.05) is 37.7 Å². The largest absolute Gasteiger partial charge is 0.313 e. The Balaban J connectivity index is 2.47. The van der Waals surface area contributed by atoms with E-state index < -0.39 is 9.84 Å². The third-order valence-electron chi connectivity index (χ3n) is 2.63. The smallest absolute Gasteiger partial charge is 0.151 e. The molecule has 1 rings (SSSR count). The molecule has 0 amide bonds. The van der Waals surface area contributed by atoms with E-state index in [2.05, 4.69) is 11.4 Å². The topological polar surface area (TPSA) is 73.2 Å². The molecule has 0 aliphatic carbocycles. The van der Waals surface area contributed by atoms with Crippen molar-refractivity contribution in [1.29, 1.82) is 5.26 Å². The van der Waals surface area contributed by atoms with Gasteiger partial charge in [-0.05, 0) is 0 Å². The maximum Gasteiger partial charge on any atom is 0.151 e. The van der Waals surface area contributed by atoms with Gasteiger partial charge in [-0.25, -0.2) is 8.42 Å². The van der Waals surface area contributed by atoms with Gasteiger partial charge in [0, 0.05) is 31.9 Å². The first-order valence-corrected chi connectivity index (χ1v) is 6.96. The molecule has 15 heavy (non-hydrogen) atoms. The fourth-order valence-electron chi connectivity index (χ4n) is 1.54. The van der Waals surface area contributed by atoms with Crippen molar-refractivity contribution in [3.8, 4) is 6.07 Å². The lowest BCUT2D eigenvalue weighted by molar-refractivity contribution is 0.208. The highest BCUT2D eigenvalue weighted by atomic mass is 32.2. The molecule has 1 unspecified atom stereocenters. The molecule has 5 nitrogen and oxygen atoms in total. The van der Waals surface area contributed by atoms with Gasteiger partial charge in [-0.15, -0.1) is 0 Å². The highest BCUT2D eigenvalue weighted by Gasteiger charge is 2.22. The highest BCUT2D eigenvalue weighted by molar-refractivity contribution is 7.91. The van der Waals surface area contributed by atoms with Gasteiger partial charge in [-0.1, -0.05) is 6.92 Å². The minimum Gasteiger partial charge on any atom is -0.313 e. The van der Waals surface area contributed by atoms with Crippen molar-refractivity contribution < 1.29 is 8.42 Å². The Morgan fingerprint density at radius 2 is 2.33 bits per heavy atom. The number of piperazine rings is 1. The Labute approximate surface area is 91.0 Å². The standard InChI is InChI=1S/C9H17N3O2S/c1-2-15(13,14)6-5-12-4-3-11-8-9(12)7-10/h9,11H,2-6,8H2,1H3. The molecule has 1 saturated heterocycles. The molecular weight excluding hydrogens is 214 g/mol. The fourth-order valence-corrected chi connectivity index (χ4v) is 2.34. The normalized spacial score (nSPS) is 23.6. The fraction of sp³-hybridized carbons (Fsp3) is 0.889. The predicted octanol–water partition coefficient (Wildman–Crippen LogP) is -0.782.